The quantitative estimate of drug-likeness (QED) is 0.639. The molecule has 0 spiro atoms. The summed E-state index contributed by atoms with van der Waals surface area (Å²) in [6, 6.07) is 0. The Morgan fingerprint density at radius 3 is 1.75 bits per heavy atom. The van der Waals surface area contributed by atoms with Crippen LogP contribution in [0.15, 0.2) is 0 Å². The van der Waals surface area contributed by atoms with Crippen molar-refractivity contribution in [1.82, 2.24) is 0 Å². The maximum absolute atomic E-state index is 6.11. The first-order valence-corrected chi connectivity index (χ1v) is 10.3. The van der Waals surface area contributed by atoms with Gasteiger partial charge in [-0.05, 0) is 25.2 Å². The first-order valence-electron chi connectivity index (χ1n) is 8.73. The van der Waals surface area contributed by atoms with Crippen molar-refractivity contribution < 1.29 is 8.85 Å². The van der Waals surface area contributed by atoms with E-state index in [0.29, 0.717) is 11.0 Å². The Morgan fingerprint density at radius 2 is 1.35 bits per heavy atom. The highest BCUT2D eigenvalue weighted by Crippen LogP contribution is 2.45. The number of hydrogen-bond donors (Lipinski definition) is 0. The molecule has 0 aromatic carbocycles. The first-order chi connectivity index (χ1) is 9.50. The SMILES string of the molecule is CCO[SiH](OCC)C(C1CCCCCCC1)C(C)(C)C. The van der Waals surface area contributed by atoms with Crippen LogP contribution in [-0.4, -0.2) is 22.5 Å². The monoisotopic (exact) mass is 300 g/mol. The van der Waals surface area contributed by atoms with Crippen LogP contribution >= 0.6 is 0 Å². The fourth-order valence-corrected chi connectivity index (χ4v) is 6.58. The summed E-state index contributed by atoms with van der Waals surface area (Å²) in [5.41, 5.74) is 0.936. The molecule has 1 unspecified atom stereocenters. The molecule has 1 aliphatic carbocycles. The van der Waals surface area contributed by atoms with Gasteiger partial charge in [-0.15, -0.1) is 0 Å². The van der Waals surface area contributed by atoms with Gasteiger partial charge < -0.3 is 8.85 Å². The van der Waals surface area contributed by atoms with Crippen LogP contribution in [0.3, 0.4) is 0 Å². The van der Waals surface area contributed by atoms with Gasteiger partial charge in [0, 0.05) is 18.8 Å². The van der Waals surface area contributed by atoms with Gasteiger partial charge in [0.25, 0.3) is 0 Å². The Labute approximate surface area is 128 Å². The molecule has 1 rings (SSSR count). The largest absolute Gasteiger partial charge is 0.397 e. The summed E-state index contributed by atoms with van der Waals surface area (Å²) >= 11 is 0. The highest BCUT2D eigenvalue weighted by Gasteiger charge is 2.41. The van der Waals surface area contributed by atoms with Gasteiger partial charge in [0.15, 0.2) is 0 Å². The third-order valence-corrected chi connectivity index (χ3v) is 8.07. The predicted octanol–water partition coefficient (Wildman–Crippen LogP) is 5.06. The molecular formula is C17H36O2Si. The van der Waals surface area contributed by atoms with Crippen LogP contribution in [0.25, 0.3) is 0 Å². The Kier molecular flexibility index (Phi) is 8.38. The zero-order chi connectivity index (χ0) is 15.0. The fraction of sp³-hybridized carbons (Fsp3) is 1.00. The molecule has 1 atom stereocenters. The molecule has 0 bridgehead atoms. The van der Waals surface area contributed by atoms with E-state index in [1.54, 1.807) is 0 Å². The van der Waals surface area contributed by atoms with Crippen LogP contribution in [0, 0.1) is 11.3 Å². The van der Waals surface area contributed by atoms with Crippen molar-refractivity contribution in [2.75, 3.05) is 13.2 Å². The van der Waals surface area contributed by atoms with E-state index in [-0.39, 0.29) is 0 Å². The molecule has 0 N–H and O–H groups in total. The molecule has 0 saturated heterocycles. The van der Waals surface area contributed by atoms with Crippen molar-refractivity contribution >= 4 is 9.28 Å². The van der Waals surface area contributed by atoms with E-state index < -0.39 is 9.28 Å². The van der Waals surface area contributed by atoms with E-state index in [0.717, 1.165) is 19.1 Å². The molecule has 0 aromatic heterocycles. The predicted molar refractivity (Wildman–Crippen MR) is 89.4 cm³/mol. The molecule has 0 aliphatic heterocycles. The van der Waals surface area contributed by atoms with Crippen LogP contribution in [0.2, 0.25) is 5.54 Å². The second-order valence-electron chi connectivity index (χ2n) is 7.28. The van der Waals surface area contributed by atoms with Gasteiger partial charge in [0.05, 0.1) is 0 Å². The average Bonchev–Trinajstić information content (AvgIpc) is 2.31. The van der Waals surface area contributed by atoms with Gasteiger partial charge in [-0.1, -0.05) is 65.7 Å². The van der Waals surface area contributed by atoms with Gasteiger partial charge in [0.2, 0.25) is 0 Å². The van der Waals surface area contributed by atoms with Crippen LogP contribution < -0.4 is 0 Å². The van der Waals surface area contributed by atoms with Crippen LogP contribution in [0.1, 0.15) is 79.6 Å². The molecule has 1 saturated carbocycles. The van der Waals surface area contributed by atoms with E-state index in [9.17, 15) is 0 Å². The minimum atomic E-state index is -1.58. The lowest BCUT2D eigenvalue weighted by Crippen LogP contribution is -2.40. The number of hydrogen-bond acceptors (Lipinski definition) is 2. The molecule has 0 radical (unpaired) electrons. The Balaban J connectivity index is 2.84. The van der Waals surface area contributed by atoms with Gasteiger partial charge >= 0.3 is 9.28 Å². The molecular weight excluding hydrogens is 264 g/mol. The highest BCUT2D eigenvalue weighted by atomic mass is 28.3. The average molecular weight is 301 g/mol. The topological polar surface area (TPSA) is 18.5 Å². The van der Waals surface area contributed by atoms with Crippen molar-refractivity contribution in [3.05, 3.63) is 0 Å². The van der Waals surface area contributed by atoms with Crippen molar-refractivity contribution in [3.63, 3.8) is 0 Å². The van der Waals surface area contributed by atoms with Crippen LogP contribution in [-0.2, 0) is 8.85 Å². The lowest BCUT2D eigenvalue weighted by atomic mass is 9.78. The summed E-state index contributed by atoms with van der Waals surface area (Å²) in [5.74, 6) is 0.810. The highest BCUT2D eigenvalue weighted by molar-refractivity contribution is 6.46. The normalized spacial score (nSPS) is 20.7. The van der Waals surface area contributed by atoms with Gasteiger partial charge in [-0.2, -0.15) is 0 Å². The lowest BCUT2D eigenvalue weighted by molar-refractivity contribution is 0.148. The maximum atomic E-state index is 6.11. The molecule has 1 fully saturated rings. The molecule has 1 aliphatic rings. The summed E-state index contributed by atoms with van der Waals surface area (Å²) in [6.07, 6.45) is 9.83. The third-order valence-electron chi connectivity index (χ3n) is 4.61. The maximum Gasteiger partial charge on any atom is 0.325 e. The summed E-state index contributed by atoms with van der Waals surface area (Å²) in [6.45, 7) is 13.0. The van der Waals surface area contributed by atoms with E-state index >= 15 is 0 Å². The van der Waals surface area contributed by atoms with Crippen molar-refractivity contribution in [3.8, 4) is 0 Å². The second-order valence-corrected chi connectivity index (χ2v) is 9.40. The second kappa shape index (κ2) is 9.21. The summed E-state index contributed by atoms with van der Waals surface area (Å²) in [7, 11) is -1.58. The van der Waals surface area contributed by atoms with Crippen LogP contribution in [0.4, 0.5) is 0 Å². The molecule has 2 nitrogen and oxygen atoms in total. The third kappa shape index (κ3) is 5.86. The zero-order valence-corrected chi connectivity index (χ0v) is 15.6. The molecule has 120 valence electrons. The number of rotatable bonds is 6. The summed E-state index contributed by atoms with van der Waals surface area (Å²) in [5, 5.41) is 0. The smallest absolute Gasteiger partial charge is 0.325 e. The van der Waals surface area contributed by atoms with E-state index in [2.05, 4.69) is 34.6 Å². The van der Waals surface area contributed by atoms with Gasteiger partial charge in [-0.3, -0.25) is 0 Å². The van der Waals surface area contributed by atoms with E-state index in [1.807, 2.05) is 0 Å². The zero-order valence-electron chi connectivity index (χ0n) is 14.4. The van der Waals surface area contributed by atoms with Crippen molar-refractivity contribution in [2.45, 2.75) is 85.1 Å². The summed E-state index contributed by atoms with van der Waals surface area (Å²) in [4.78, 5) is 0. The minimum absolute atomic E-state index is 0.297. The van der Waals surface area contributed by atoms with Crippen LogP contribution in [0.5, 0.6) is 0 Å². The summed E-state index contributed by atoms with van der Waals surface area (Å²) < 4.78 is 12.2. The first kappa shape index (κ1) is 18.2. The Bertz CT molecular complexity index is 236. The van der Waals surface area contributed by atoms with Gasteiger partial charge in [0.1, 0.15) is 0 Å². The Morgan fingerprint density at radius 1 is 0.900 bits per heavy atom. The molecule has 3 heteroatoms. The minimum Gasteiger partial charge on any atom is -0.397 e. The van der Waals surface area contributed by atoms with E-state index in [4.69, 9.17) is 8.85 Å². The molecule has 20 heavy (non-hydrogen) atoms. The fourth-order valence-electron chi connectivity index (χ4n) is 3.77. The lowest BCUT2D eigenvalue weighted by Gasteiger charge is -2.41. The standard InChI is InChI=1S/C17H36O2Si/c1-6-18-20(19-7-2)16(17(3,4)5)15-13-11-9-8-10-12-14-15/h15-16,20H,6-14H2,1-5H3. The van der Waals surface area contributed by atoms with E-state index in [1.165, 1.54) is 44.9 Å². The Hall–Kier alpha value is 0.137. The molecule has 0 aromatic rings. The van der Waals surface area contributed by atoms with Gasteiger partial charge in [-0.25, -0.2) is 0 Å². The van der Waals surface area contributed by atoms with Crippen molar-refractivity contribution in [1.29, 1.82) is 0 Å². The van der Waals surface area contributed by atoms with Crippen molar-refractivity contribution in [2.24, 2.45) is 11.3 Å². The molecule has 0 heterocycles. The molecule has 0 amide bonds.